The van der Waals surface area contributed by atoms with Gasteiger partial charge in [-0.05, 0) is 38.7 Å². The highest BCUT2D eigenvalue weighted by molar-refractivity contribution is 7.98. The predicted molar refractivity (Wildman–Crippen MR) is 77.0 cm³/mol. The number of unbranched alkanes of at least 4 members (excludes halogenated alkanes) is 1. The molecule has 0 atom stereocenters. The first kappa shape index (κ1) is 14.1. The first-order valence-electron chi connectivity index (χ1n) is 6.07. The van der Waals surface area contributed by atoms with Gasteiger partial charge < -0.3 is 10.6 Å². The van der Waals surface area contributed by atoms with Gasteiger partial charge in [0.2, 0.25) is 0 Å². The maximum absolute atomic E-state index is 4.27. The normalized spacial score (nSPS) is 10.3. The highest BCUT2D eigenvalue weighted by Gasteiger charge is 2.04. The molecule has 0 saturated carbocycles. The van der Waals surface area contributed by atoms with E-state index in [4.69, 9.17) is 0 Å². The molecule has 0 aliphatic carbocycles. The van der Waals surface area contributed by atoms with Crippen LogP contribution in [0.3, 0.4) is 0 Å². The molecule has 96 valence electrons. The van der Waals surface area contributed by atoms with Gasteiger partial charge in [-0.25, -0.2) is 9.97 Å². The number of hydrogen-bond acceptors (Lipinski definition) is 5. The second kappa shape index (κ2) is 8.17. The summed E-state index contributed by atoms with van der Waals surface area (Å²) in [4.78, 5) is 8.49. The minimum Gasteiger partial charge on any atom is -0.370 e. The summed E-state index contributed by atoms with van der Waals surface area (Å²) in [6.07, 6.45) is 6.18. The Bertz CT molecular complexity index is 330. The van der Waals surface area contributed by atoms with Crippen LogP contribution in [0.2, 0.25) is 0 Å². The molecule has 0 aliphatic heterocycles. The topological polar surface area (TPSA) is 49.8 Å². The quantitative estimate of drug-likeness (QED) is 0.699. The summed E-state index contributed by atoms with van der Waals surface area (Å²) in [7, 11) is 0. The van der Waals surface area contributed by atoms with Crippen molar-refractivity contribution in [2.75, 3.05) is 35.7 Å². The van der Waals surface area contributed by atoms with Crippen LogP contribution in [0.4, 0.5) is 11.6 Å². The smallest absolute Gasteiger partial charge is 0.134 e. The van der Waals surface area contributed by atoms with E-state index in [0.717, 1.165) is 30.3 Å². The minimum absolute atomic E-state index is 0.880. The zero-order chi connectivity index (χ0) is 12.5. The molecular formula is C12H22N4S. The fraction of sp³-hybridized carbons (Fsp3) is 0.667. The fourth-order valence-corrected chi connectivity index (χ4v) is 2.05. The molecule has 1 heterocycles. The van der Waals surface area contributed by atoms with E-state index in [0.29, 0.717) is 0 Å². The van der Waals surface area contributed by atoms with Crippen molar-refractivity contribution in [2.24, 2.45) is 0 Å². The number of aromatic nitrogens is 2. The van der Waals surface area contributed by atoms with Crippen LogP contribution >= 0.6 is 11.8 Å². The molecule has 0 unspecified atom stereocenters. The monoisotopic (exact) mass is 254 g/mol. The Labute approximate surface area is 108 Å². The molecular weight excluding hydrogens is 232 g/mol. The summed E-state index contributed by atoms with van der Waals surface area (Å²) in [6.45, 7) is 5.97. The van der Waals surface area contributed by atoms with Crippen LogP contribution in [0.15, 0.2) is 6.33 Å². The second-order valence-electron chi connectivity index (χ2n) is 3.85. The van der Waals surface area contributed by atoms with Crippen LogP contribution in [-0.4, -0.2) is 35.1 Å². The summed E-state index contributed by atoms with van der Waals surface area (Å²) in [5.41, 5.74) is 1.10. The van der Waals surface area contributed by atoms with Gasteiger partial charge in [0, 0.05) is 18.7 Å². The van der Waals surface area contributed by atoms with E-state index in [2.05, 4.69) is 33.8 Å². The lowest BCUT2D eigenvalue weighted by Crippen LogP contribution is -2.09. The Morgan fingerprint density at radius 1 is 1.18 bits per heavy atom. The van der Waals surface area contributed by atoms with E-state index in [-0.39, 0.29) is 0 Å². The van der Waals surface area contributed by atoms with Crippen molar-refractivity contribution >= 4 is 23.4 Å². The number of anilines is 2. The lowest BCUT2D eigenvalue weighted by molar-refractivity contribution is 0.837. The Balaban J connectivity index is 2.44. The van der Waals surface area contributed by atoms with Crippen LogP contribution in [0.5, 0.6) is 0 Å². The van der Waals surface area contributed by atoms with Crippen LogP contribution < -0.4 is 10.6 Å². The molecule has 4 nitrogen and oxygen atoms in total. The lowest BCUT2D eigenvalue weighted by atomic mass is 10.3. The standard InChI is InChI=1S/C12H22N4S/c1-4-13-11-10(2)12(16-9-15-11)14-7-5-6-8-17-3/h9H,4-8H2,1-3H3,(H2,13,14,15,16). The largest absolute Gasteiger partial charge is 0.370 e. The zero-order valence-electron chi connectivity index (χ0n) is 10.9. The van der Waals surface area contributed by atoms with Gasteiger partial charge in [0.25, 0.3) is 0 Å². The summed E-state index contributed by atoms with van der Waals surface area (Å²) in [6, 6.07) is 0. The predicted octanol–water partition coefficient (Wildman–Crippen LogP) is 2.77. The van der Waals surface area contributed by atoms with Gasteiger partial charge in [0.15, 0.2) is 0 Å². The van der Waals surface area contributed by atoms with E-state index < -0.39 is 0 Å². The number of thioether (sulfide) groups is 1. The molecule has 1 aromatic rings. The number of nitrogens with one attached hydrogen (secondary N) is 2. The molecule has 0 spiro atoms. The highest BCUT2D eigenvalue weighted by Crippen LogP contribution is 2.17. The SMILES string of the molecule is CCNc1ncnc(NCCCCSC)c1C. The Hall–Kier alpha value is -0.970. The van der Waals surface area contributed by atoms with Crippen molar-refractivity contribution in [3.8, 4) is 0 Å². The first-order valence-corrected chi connectivity index (χ1v) is 7.47. The maximum atomic E-state index is 4.27. The van der Waals surface area contributed by atoms with Gasteiger partial charge in [-0.15, -0.1) is 0 Å². The molecule has 2 N–H and O–H groups in total. The average molecular weight is 254 g/mol. The maximum Gasteiger partial charge on any atom is 0.134 e. The third kappa shape index (κ3) is 4.81. The van der Waals surface area contributed by atoms with Crippen LogP contribution in [0, 0.1) is 6.92 Å². The molecule has 0 aromatic carbocycles. The summed E-state index contributed by atoms with van der Waals surface area (Å²) < 4.78 is 0. The molecule has 0 amide bonds. The average Bonchev–Trinajstić information content (AvgIpc) is 2.33. The van der Waals surface area contributed by atoms with Gasteiger partial charge in [-0.2, -0.15) is 11.8 Å². The van der Waals surface area contributed by atoms with E-state index in [9.17, 15) is 0 Å². The molecule has 1 aromatic heterocycles. The van der Waals surface area contributed by atoms with Crippen molar-refractivity contribution in [1.29, 1.82) is 0 Å². The van der Waals surface area contributed by atoms with Gasteiger partial charge in [0.1, 0.15) is 18.0 Å². The fourth-order valence-electron chi connectivity index (χ4n) is 1.55. The third-order valence-corrected chi connectivity index (χ3v) is 3.19. The van der Waals surface area contributed by atoms with Crippen molar-refractivity contribution in [2.45, 2.75) is 26.7 Å². The minimum atomic E-state index is 0.880. The van der Waals surface area contributed by atoms with Crippen LogP contribution in [0.1, 0.15) is 25.3 Å². The van der Waals surface area contributed by atoms with E-state index in [1.54, 1.807) is 6.33 Å². The molecule has 0 bridgehead atoms. The molecule has 0 saturated heterocycles. The second-order valence-corrected chi connectivity index (χ2v) is 4.84. The van der Waals surface area contributed by atoms with Crippen LogP contribution in [-0.2, 0) is 0 Å². The van der Waals surface area contributed by atoms with E-state index >= 15 is 0 Å². The number of rotatable bonds is 8. The number of nitrogens with zero attached hydrogens (tertiary/aromatic N) is 2. The lowest BCUT2D eigenvalue weighted by Gasteiger charge is -2.11. The molecule has 0 aliphatic rings. The van der Waals surface area contributed by atoms with Crippen molar-refractivity contribution < 1.29 is 0 Å². The van der Waals surface area contributed by atoms with Gasteiger partial charge in [0.05, 0.1) is 0 Å². The van der Waals surface area contributed by atoms with Crippen LogP contribution in [0.25, 0.3) is 0 Å². The first-order chi connectivity index (χ1) is 8.29. The van der Waals surface area contributed by atoms with E-state index in [1.165, 1.54) is 18.6 Å². The molecule has 17 heavy (non-hydrogen) atoms. The van der Waals surface area contributed by atoms with Crippen molar-refractivity contribution in [1.82, 2.24) is 9.97 Å². The summed E-state index contributed by atoms with van der Waals surface area (Å²) >= 11 is 1.90. The number of hydrogen-bond donors (Lipinski definition) is 2. The Morgan fingerprint density at radius 2 is 1.88 bits per heavy atom. The molecule has 1 rings (SSSR count). The van der Waals surface area contributed by atoms with Crippen molar-refractivity contribution in [3.05, 3.63) is 11.9 Å². The molecule has 0 fully saturated rings. The Morgan fingerprint density at radius 3 is 2.53 bits per heavy atom. The highest BCUT2D eigenvalue weighted by atomic mass is 32.2. The Kier molecular flexibility index (Phi) is 6.77. The van der Waals surface area contributed by atoms with Gasteiger partial charge >= 0.3 is 0 Å². The van der Waals surface area contributed by atoms with Gasteiger partial charge in [-0.3, -0.25) is 0 Å². The van der Waals surface area contributed by atoms with E-state index in [1.807, 2.05) is 18.7 Å². The summed E-state index contributed by atoms with van der Waals surface area (Å²) in [5.74, 6) is 3.10. The molecule has 5 heteroatoms. The van der Waals surface area contributed by atoms with Gasteiger partial charge in [-0.1, -0.05) is 0 Å². The molecule has 0 radical (unpaired) electrons. The zero-order valence-corrected chi connectivity index (χ0v) is 11.7. The van der Waals surface area contributed by atoms with Crippen molar-refractivity contribution in [3.63, 3.8) is 0 Å². The third-order valence-electron chi connectivity index (χ3n) is 2.50. The summed E-state index contributed by atoms with van der Waals surface area (Å²) in [5, 5.41) is 6.60.